The zero-order valence-corrected chi connectivity index (χ0v) is 16.1. The van der Waals surface area contributed by atoms with Crippen LogP contribution in [-0.2, 0) is 23.8 Å². The number of aliphatic hydroxyl groups is 1. The average molecular weight is 376 g/mol. The number of esters is 2. The van der Waals surface area contributed by atoms with Crippen molar-refractivity contribution in [3.05, 3.63) is 35.5 Å². The molecule has 3 rings (SSSR count). The lowest BCUT2D eigenvalue weighted by Crippen LogP contribution is -2.33. The van der Waals surface area contributed by atoms with Gasteiger partial charge in [0.15, 0.2) is 6.29 Å². The third kappa shape index (κ3) is 4.33. The van der Waals surface area contributed by atoms with Crippen LogP contribution in [0.1, 0.15) is 46.5 Å². The van der Waals surface area contributed by atoms with Gasteiger partial charge in [0.25, 0.3) is 0 Å². The standard InChI is InChI=1S/C21H28O6/c1-5-11(2)8-18(22)26-16-7-12(3)6-15-9-14(21(24)25-15)10-17-19(16)13(4)20(23)27-17/h7,9,11,15-17,19-20,23H,4-6,8,10H2,1-3H3/b12-7+/t11?,15-,16-,17+,19+,20?/m1/s1. The van der Waals surface area contributed by atoms with Crippen molar-refractivity contribution < 1.29 is 28.9 Å². The SMILES string of the molecule is C=C1C(O)O[C@H]2CC3=C[C@@H](C/C(C)=C/[C@@H](OC(=O)CC(C)CC)[C@H]12)OC3=O. The Morgan fingerprint density at radius 2 is 2.15 bits per heavy atom. The van der Waals surface area contributed by atoms with Gasteiger partial charge in [0, 0.05) is 24.8 Å². The Kier molecular flexibility index (Phi) is 5.86. The largest absolute Gasteiger partial charge is 0.457 e. The van der Waals surface area contributed by atoms with E-state index in [9.17, 15) is 14.7 Å². The molecule has 2 heterocycles. The zero-order valence-electron chi connectivity index (χ0n) is 16.1. The maximum absolute atomic E-state index is 12.4. The van der Waals surface area contributed by atoms with Crippen LogP contribution in [0.4, 0.5) is 0 Å². The van der Waals surface area contributed by atoms with Gasteiger partial charge in [-0.1, -0.05) is 32.4 Å². The highest BCUT2D eigenvalue weighted by atomic mass is 16.6. The molecule has 6 heteroatoms. The lowest BCUT2D eigenvalue weighted by atomic mass is 9.85. The van der Waals surface area contributed by atoms with E-state index >= 15 is 0 Å². The van der Waals surface area contributed by atoms with E-state index in [1.165, 1.54) is 0 Å². The van der Waals surface area contributed by atoms with Crippen LogP contribution in [0, 0.1) is 11.8 Å². The normalized spacial score (nSPS) is 36.2. The quantitative estimate of drug-likeness (QED) is 0.600. The highest BCUT2D eigenvalue weighted by Crippen LogP contribution is 2.40. The van der Waals surface area contributed by atoms with Gasteiger partial charge in [-0.15, -0.1) is 0 Å². The molecule has 148 valence electrons. The third-order valence-electron chi connectivity index (χ3n) is 5.58. The van der Waals surface area contributed by atoms with Gasteiger partial charge in [-0.05, 0) is 30.6 Å². The number of fused-ring (bicyclic) bond motifs is 2. The molecule has 2 aliphatic heterocycles. The molecule has 0 aromatic carbocycles. The van der Waals surface area contributed by atoms with E-state index in [0.29, 0.717) is 30.4 Å². The van der Waals surface area contributed by atoms with Crippen molar-refractivity contribution in [1.29, 1.82) is 0 Å². The van der Waals surface area contributed by atoms with Crippen LogP contribution < -0.4 is 0 Å². The number of carbonyl (C=O) groups is 2. The highest BCUT2D eigenvalue weighted by Gasteiger charge is 2.45. The summed E-state index contributed by atoms with van der Waals surface area (Å²) in [5.41, 5.74) is 1.95. The monoisotopic (exact) mass is 376 g/mol. The maximum atomic E-state index is 12.4. The van der Waals surface area contributed by atoms with Crippen molar-refractivity contribution in [3.63, 3.8) is 0 Å². The van der Waals surface area contributed by atoms with Crippen LogP contribution in [0.15, 0.2) is 35.5 Å². The lowest BCUT2D eigenvalue weighted by molar-refractivity contribution is -0.151. The molecule has 1 aliphatic carbocycles. The predicted octanol–water partition coefficient (Wildman–Crippen LogP) is 2.82. The molecule has 1 saturated heterocycles. The Morgan fingerprint density at radius 1 is 1.41 bits per heavy atom. The average Bonchev–Trinajstić information content (AvgIpc) is 3.05. The second-order valence-electron chi connectivity index (χ2n) is 7.86. The van der Waals surface area contributed by atoms with Crippen LogP contribution in [-0.4, -0.2) is 41.6 Å². The first-order valence-electron chi connectivity index (χ1n) is 9.59. The Bertz CT molecular complexity index is 691. The van der Waals surface area contributed by atoms with Gasteiger partial charge in [0.2, 0.25) is 0 Å². The van der Waals surface area contributed by atoms with E-state index in [0.717, 1.165) is 12.0 Å². The van der Waals surface area contributed by atoms with Crippen LogP contribution >= 0.6 is 0 Å². The highest BCUT2D eigenvalue weighted by molar-refractivity contribution is 5.91. The molecule has 1 N–H and O–H groups in total. The molecular weight excluding hydrogens is 348 g/mol. The van der Waals surface area contributed by atoms with Crippen LogP contribution in [0.5, 0.6) is 0 Å². The molecule has 1 fully saturated rings. The molecule has 6 nitrogen and oxygen atoms in total. The minimum Gasteiger partial charge on any atom is -0.457 e. The first-order chi connectivity index (χ1) is 12.8. The minimum atomic E-state index is -1.14. The first kappa shape index (κ1) is 19.8. The van der Waals surface area contributed by atoms with Crippen molar-refractivity contribution in [2.45, 2.75) is 71.1 Å². The summed E-state index contributed by atoms with van der Waals surface area (Å²) in [6, 6.07) is 0. The molecule has 0 aromatic heterocycles. The van der Waals surface area contributed by atoms with Crippen molar-refractivity contribution in [2.24, 2.45) is 11.8 Å². The number of rotatable bonds is 4. The molecule has 0 amide bonds. The molecule has 27 heavy (non-hydrogen) atoms. The molecule has 6 atom stereocenters. The molecule has 0 spiro atoms. The second kappa shape index (κ2) is 7.98. The summed E-state index contributed by atoms with van der Waals surface area (Å²) in [6.07, 6.45) is 3.22. The molecule has 2 bridgehead atoms. The summed E-state index contributed by atoms with van der Waals surface area (Å²) in [5.74, 6) is -0.812. The molecule has 3 aliphatic rings. The first-order valence-corrected chi connectivity index (χ1v) is 9.59. The van der Waals surface area contributed by atoms with Gasteiger partial charge < -0.3 is 19.3 Å². The van der Waals surface area contributed by atoms with E-state index in [1.54, 1.807) is 0 Å². The fourth-order valence-electron chi connectivity index (χ4n) is 3.85. The zero-order chi connectivity index (χ0) is 19.7. The summed E-state index contributed by atoms with van der Waals surface area (Å²) in [6.45, 7) is 9.91. The van der Waals surface area contributed by atoms with Crippen molar-refractivity contribution in [2.75, 3.05) is 0 Å². The fraction of sp³-hybridized carbons (Fsp3) is 0.619. The smallest absolute Gasteiger partial charge is 0.334 e. The summed E-state index contributed by atoms with van der Waals surface area (Å²) in [4.78, 5) is 24.6. The van der Waals surface area contributed by atoms with Gasteiger partial charge in [-0.3, -0.25) is 4.79 Å². The summed E-state index contributed by atoms with van der Waals surface area (Å²) < 4.78 is 16.8. The van der Waals surface area contributed by atoms with Gasteiger partial charge in [0.05, 0.1) is 12.0 Å². The van der Waals surface area contributed by atoms with Crippen LogP contribution in [0.2, 0.25) is 0 Å². The topological polar surface area (TPSA) is 82.1 Å². The van der Waals surface area contributed by atoms with E-state index < -0.39 is 24.4 Å². The van der Waals surface area contributed by atoms with Gasteiger partial charge in [-0.25, -0.2) is 4.79 Å². The van der Waals surface area contributed by atoms with E-state index in [-0.39, 0.29) is 24.0 Å². The number of hydrogen-bond donors (Lipinski definition) is 1. The molecule has 0 aromatic rings. The van der Waals surface area contributed by atoms with E-state index in [1.807, 2.05) is 32.9 Å². The van der Waals surface area contributed by atoms with Crippen LogP contribution in [0.3, 0.4) is 0 Å². The third-order valence-corrected chi connectivity index (χ3v) is 5.58. The Balaban J connectivity index is 1.89. The maximum Gasteiger partial charge on any atom is 0.334 e. The fourth-order valence-corrected chi connectivity index (χ4v) is 3.85. The molecule has 2 unspecified atom stereocenters. The summed E-state index contributed by atoms with van der Waals surface area (Å²) in [7, 11) is 0. The lowest BCUT2D eigenvalue weighted by Gasteiger charge is -2.27. The van der Waals surface area contributed by atoms with Gasteiger partial charge in [0.1, 0.15) is 12.2 Å². The Morgan fingerprint density at radius 3 is 2.85 bits per heavy atom. The Hall–Kier alpha value is -1.92. The molecular formula is C21H28O6. The van der Waals surface area contributed by atoms with Crippen molar-refractivity contribution >= 4 is 11.9 Å². The molecule has 0 radical (unpaired) electrons. The summed E-state index contributed by atoms with van der Waals surface area (Å²) in [5, 5.41) is 10.2. The van der Waals surface area contributed by atoms with Gasteiger partial charge in [-0.2, -0.15) is 0 Å². The Labute approximate surface area is 159 Å². The van der Waals surface area contributed by atoms with E-state index in [4.69, 9.17) is 14.2 Å². The number of hydrogen-bond acceptors (Lipinski definition) is 6. The van der Waals surface area contributed by atoms with Gasteiger partial charge >= 0.3 is 11.9 Å². The van der Waals surface area contributed by atoms with Crippen molar-refractivity contribution in [1.82, 2.24) is 0 Å². The minimum absolute atomic E-state index is 0.235. The van der Waals surface area contributed by atoms with E-state index in [2.05, 4.69) is 6.58 Å². The second-order valence-corrected chi connectivity index (χ2v) is 7.86. The molecule has 0 saturated carbocycles. The number of aliphatic hydroxyl groups excluding tert-OH is 1. The summed E-state index contributed by atoms with van der Waals surface area (Å²) >= 11 is 0. The number of ether oxygens (including phenoxy) is 3. The van der Waals surface area contributed by atoms with Crippen molar-refractivity contribution in [3.8, 4) is 0 Å². The number of carbonyl (C=O) groups excluding carboxylic acids is 2. The van der Waals surface area contributed by atoms with Crippen LogP contribution in [0.25, 0.3) is 0 Å². The predicted molar refractivity (Wildman–Crippen MR) is 98.4 cm³/mol.